The lowest BCUT2D eigenvalue weighted by Crippen LogP contribution is -2.19. The summed E-state index contributed by atoms with van der Waals surface area (Å²) in [5.74, 6) is 0. The minimum absolute atomic E-state index is 0.809. The maximum absolute atomic E-state index is 5.48. The van der Waals surface area contributed by atoms with E-state index in [2.05, 4.69) is 28.1 Å². The van der Waals surface area contributed by atoms with Gasteiger partial charge in [0.15, 0.2) is 0 Å². The Hall–Kier alpha value is 0.700. The zero-order valence-electron chi connectivity index (χ0n) is 11.7. The molecule has 0 saturated heterocycles. The summed E-state index contributed by atoms with van der Waals surface area (Å²) in [6.45, 7) is 6.23. The molecule has 0 aliphatic carbocycles. The molecule has 2 atom stereocenters. The van der Waals surface area contributed by atoms with E-state index in [1.807, 2.05) is 0 Å². The van der Waals surface area contributed by atoms with Gasteiger partial charge in [0.1, 0.15) is 0 Å². The molecule has 0 amide bonds. The number of rotatable bonds is 13. The van der Waals surface area contributed by atoms with Crippen LogP contribution in [0.1, 0.15) is 38.5 Å². The summed E-state index contributed by atoms with van der Waals surface area (Å²) in [6, 6.07) is 0. The Bertz CT molecular complexity index is 154. The number of nitrogens with two attached hydrogens (primary N) is 2. The van der Waals surface area contributed by atoms with Crippen molar-refractivity contribution in [3.63, 3.8) is 0 Å². The number of hydrogen-bond donors (Lipinski definition) is 2. The highest BCUT2D eigenvalue weighted by molar-refractivity contribution is 7.13. The molecular formula is C12H32N4P2. The fourth-order valence-corrected chi connectivity index (χ4v) is 2.50. The van der Waals surface area contributed by atoms with E-state index in [0.717, 1.165) is 52.1 Å². The van der Waals surface area contributed by atoms with Crippen molar-refractivity contribution in [2.24, 2.45) is 11.5 Å². The molecule has 0 heterocycles. The van der Waals surface area contributed by atoms with Crippen LogP contribution in [0.3, 0.4) is 0 Å². The van der Waals surface area contributed by atoms with Gasteiger partial charge < -0.3 is 11.5 Å². The lowest BCUT2D eigenvalue weighted by Gasteiger charge is -2.18. The Kier molecular flexibility index (Phi) is 14.7. The first-order valence-electron chi connectivity index (χ1n) is 7.10. The highest BCUT2D eigenvalue weighted by Crippen LogP contribution is 2.07. The Morgan fingerprint density at radius 3 is 1.11 bits per heavy atom. The monoisotopic (exact) mass is 294 g/mol. The summed E-state index contributed by atoms with van der Waals surface area (Å²) in [7, 11) is 5.64. The van der Waals surface area contributed by atoms with Gasteiger partial charge in [-0.2, -0.15) is 0 Å². The Labute approximate surface area is 118 Å². The lowest BCUT2D eigenvalue weighted by molar-refractivity contribution is 0.399. The van der Waals surface area contributed by atoms with E-state index in [1.54, 1.807) is 0 Å². The van der Waals surface area contributed by atoms with Crippen LogP contribution in [0.4, 0.5) is 0 Å². The third-order valence-electron chi connectivity index (χ3n) is 2.94. The maximum atomic E-state index is 5.48. The predicted octanol–water partition coefficient (Wildman–Crippen LogP) is 1.43. The van der Waals surface area contributed by atoms with Crippen LogP contribution < -0.4 is 11.5 Å². The van der Waals surface area contributed by atoms with E-state index < -0.39 is 0 Å². The highest BCUT2D eigenvalue weighted by Gasteiger charge is 2.00. The largest absolute Gasteiger partial charge is 0.330 e. The molecule has 18 heavy (non-hydrogen) atoms. The van der Waals surface area contributed by atoms with E-state index in [0.29, 0.717) is 0 Å². The standard InChI is InChI=1S/C12H32N4P2/c13-7-1-3-9-15(17)11-5-6-12-16(18)10-4-2-8-14/h1-14,17-18H2. The summed E-state index contributed by atoms with van der Waals surface area (Å²) in [6.07, 6.45) is 7.18. The molecule has 0 aromatic carbocycles. The fourth-order valence-electron chi connectivity index (χ4n) is 1.77. The predicted molar refractivity (Wildman–Crippen MR) is 88.4 cm³/mol. The van der Waals surface area contributed by atoms with Crippen molar-refractivity contribution in [2.45, 2.75) is 38.5 Å². The SMILES string of the molecule is NCCCCN(P)CCCCN(P)CCCCN. The Balaban J connectivity index is 3.27. The van der Waals surface area contributed by atoms with Crippen molar-refractivity contribution in [2.75, 3.05) is 39.3 Å². The van der Waals surface area contributed by atoms with E-state index >= 15 is 0 Å². The van der Waals surface area contributed by atoms with E-state index in [9.17, 15) is 0 Å². The molecule has 0 spiro atoms. The summed E-state index contributed by atoms with van der Waals surface area (Å²) in [5.41, 5.74) is 11.0. The van der Waals surface area contributed by atoms with Gasteiger partial charge in [-0.3, -0.25) is 9.34 Å². The van der Waals surface area contributed by atoms with E-state index in [1.165, 1.54) is 25.7 Å². The molecule has 0 radical (unpaired) electrons. The normalized spacial score (nSPS) is 11.7. The summed E-state index contributed by atoms with van der Waals surface area (Å²) < 4.78 is 4.66. The second-order valence-electron chi connectivity index (χ2n) is 4.77. The molecule has 2 unspecified atom stereocenters. The van der Waals surface area contributed by atoms with Gasteiger partial charge in [-0.05, 0) is 51.6 Å². The molecule has 0 aliphatic rings. The van der Waals surface area contributed by atoms with Crippen LogP contribution in [0.25, 0.3) is 0 Å². The molecular weight excluding hydrogens is 262 g/mol. The van der Waals surface area contributed by atoms with E-state index in [-0.39, 0.29) is 0 Å². The Morgan fingerprint density at radius 1 is 0.556 bits per heavy atom. The molecule has 110 valence electrons. The van der Waals surface area contributed by atoms with Crippen LogP contribution >= 0.6 is 18.8 Å². The zero-order valence-corrected chi connectivity index (χ0v) is 14.0. The second kappa shape index (κ2) is 14.1. The molecule has 0 saturated carbocycles. The Morgan fingerprint density at radius 2 is 0.833 bits per heavy atom. The minimum Gasteiger partial charge on any atom is -0.330 e. The molecule has 0 aliphatic heterocycles. The number of unbranched alkanes of at least 4 members (excludes halogenated alkanes) is 3. The number of hydrogen-bond acceptors (Lipinski definition) is 4. The molecule has 6 heteroatoms. The molecule has 0 fully saturated rings. The summed E-state index contributed by atoms with van der Waals surface area (Å²) in [4.78, 5) is 0. The average molecular weight is 294 g/mol. The maximum Gasteiger partial charge on any atom is 0.00166 e. The molecule has 4 nitrogen and oxygen atoms in total. The van der Waals surface area contributed by atoms with Gasteiger partial charge in [0.2, 0.25) is 0 Å². The smallest absolute Gasteiger partial charge is 0.00166 e. The molecule has 0 bridgehead atoms. The molecule has 4 N–H and O–H groups in total. The molecule has 0 rings (SSSR count). The van der Waals surface area contributed by atoms with Crippen LogP contribution in [0.2, 0.25) is 0 Å². The van der Waals surface area contributed by atoms with Crippen molar-refractivity contribution in [1.82, 2.24) is 9.34 Å². The topological polar surface area (TPSA) is 58.5 Å². The second-order valence-corrected chi connectivity index (χ2v) is 6.23. The third kappa shape index (κ3) is 13.1. The van der Waals surface area contributed by atoms with Crippen LogP contribution in [0, 0.1) is 0 Å². The summed E-state index contributed by atoms with van der Waals surface area (Å²) >= 11 is 0. The van der Waals surface area contributed by atoms with Gasteiger partial charge in [-0.1, -0.05) is 18.8 Å². The zero-order chi connectivity index (χ0) is 13.6. The molecule has 0 aromatic rings. The van der Waals surface area contributed by atoms with Crippen molar-refractivity contribution in [3.8, 4) is 0 Å². The fraction of sp³-hybridized carbons (Fsp3) is 1.00. The van der Waals surface area contributed by atoms with Crippen LogP contribution in [0.5, 0.6) is 0 Å². The first-order valence-corrected chi connectivity index (χ1v) is 8.13. The van der Waals surface area contributed by atoms with Gasteiger partial charge >= 0.3 is 0 Å². The molecule has 0 aromatic heterocycles. The van der Waals surface area contributed by atoms with Crippen molar-refractivity contribution in [1.29, 1.82) is 0 Å². The highest BCUT2D eigenvalue weighted by atomic mass is 31.0. The lowest BCUT2D eigenvalue weighted by atomic mass is 10.2. The van der Waals surface area contributed by atoms with Crippen molar-refractivity contribution >= 4 is 18.8 Å². The van der Waals surface area contributed by atoms with Gasteiger partial charge in [0.05, 0.1) is 0 Å². The van der Waals surface area contributed by atoms with Crippen LogP contribution in [0.15, 0.2) is 0 Å². The first-order chi connectivity index (χ1) is 8.70. The van der Waals surface area contributed by atoms with Crippen molar-refractivity contribution in [3.05, 3.63) is 0 Å². The summed E-state index contributed by atoms with van der Waals surface area (Å²) in [5, 5.41) is 0. The quantitative estimate of drug-likeness (QED) is 0.398. The van der Waals surface area contributed by atoms with E-state index in [4.69, 9.17) is 11.5 Å². The van der Waals surface area contributed by atoms with Crippen LogP contribution in [-0.2, 0) is 0 Å². The first kappa shape index (κ1) is 18.7. The average Bonchev–Trinajstić information content (AvgIpc) is 2.35. The van der Waals surface area contributed by atoms with Crippen LogP contribution in [-0.4, -0.2) is 48.6 Å². The van der Waals surface area contributed by atoms with Gasteiger partial charge in [-0.15, -0.1) is 0 Å². The van der Waals surface area contributed by atoms with Gasteiger partial charge in [0.25, 0.3) is 0 Å². The van der Waals surface area contributed by atoms with Gasteiger partial charge in [0, 0.05) is 26.2 Å². The van der Waals surface area contributed by atoms with Gasteiger partial charge in [-0.25, -0.2) is 0 Å². The minimum atomic E-state index is 0.809. The van der Waals surface area contributed by atoms with Crippen molar-refractivity contribution < 1.29 is 0 Å². The number of nitrogens with zero attached hydrogens (tertiary/aromatic N) is 2. The third-order valence-corrected chi connectivity index (χ3v) is 3.97.